The lowest BCUT2D eigenvalue weighted by Crippen LogP contribution is -2.28. The van der Waals surface area contributed by atoms with E-state index < -0.39 is 5.97 Å². The molecule has 80 valence electrons. The molecule has 0 spiro atoms. The second kappa shape index (κ2) is 3.88. The maximum Gasteiger partial charge on any atom is 0.305 e. The highest BCUT2D eigenvalue weighted by Gasteiger charge is 2.21. The molecule has 1 aliphatic rings. The Morgan fingerprint density at radius 1 is 1.60 bits per heavy atom. The molecular weight excluding hydrogens is 197 g/mol. The first-order chi connectivity index (χ1) is 7.16. The van der Waals surface area contributed by atoms with E-state index in [1.54, 1.807) is 6.07 Å². The van der Waals surface area contributed by atoms with Crippen molar-refractivity contribution in [1.29, 1.82) is 0 Å². The molecule has 0 amide bonds. The van der Waals surface area contributed by atoms with E-state index in [0.29, 0.717) is 5.69 Å². The maximum atomic E-state index is 13.4. The van der Waals surface area contributed by atoms with Crippen molar-refractivity contribution in [2.24, 2.45) is 0 Å². The Balaban J connectivity index is 2.18. The number of carboxylic acids is 1. The van der Waals surface area contributed by atoms with Gasteiger partial charge in [-0.2, -0.15) is 0 Å². The first kappa shape index (κ1) is 9.96. The fourth-order valence-electron chi connectivity index (χ4n) is 1.91. The van der Waals surface area contributed by atoms with Gasteiger partial charge in [-0.3, -0.25) is 4.79 Å². The van der Waals surface area contributed by atoms with E-state index in [1.165, 1.54) is 6.07 Å². The minimum atomic E-state index is -0.854. The summed E-state index contributed by atoms with van der Waals surface area (Å²) in [6.45, 7) is 0. The molecule has 0 fully saturated rings. The van der Waals surface area contributed by atoms with Crippen molar-refractivity contribution < 1.29 is 14.3 Å². The van der Waals surface area contributed by atoms with Gasteiger partial charge in [-0.05, 0) is 24.5 Å². The average molecular weight is 209 g/mol. The standard InChI is InChI=1S/C11H12FNO2/c12-9-3-1-2-7-4-5-8(6-10(14)15)13-11(7)9/h1-3,8,13H,4-6H2,(H,14,15). The highest BCUT2D eigenvalue weighted by Crippen LogP contribution is 2.28. The Bertz CT molecular complexity index is 392. The van der Waals surface area contributed by atoms with Crippen LogP contribution in [0.1, 0.15) is 18.4 Å². The fraction of sp³-hybridized carbons (Fsp3) is 0.364. The number of nitrogens with one attached hydrogen (secondary N) is 1. The first-order valence-corrected chi connectivity index (χ1v) is 4.92. The van der Waals surface area contributed by atoms with Gasteiger partial charge >= 0.3 is 5.97 Å². The zero-order chi connectivity index (χ0) is 10.8. The summed E-state index contributed by atoms with van der Waals surface area (Å²) in [5.74, 6) is -1.16. The molecule has 1 atom stereocenters. The molecule has 0 saturated carbocycles. The third-order valence-electron chi connectivity index (χ3n) is 2.63. The summed E-state index contributed by atoms with van der Waals surface area (Å²) in [6.07, 6.45) is 1.51. The minimum Gasteiger partial charge on any atom is -0.481 e. The summed E-state index contributed by atoms with van der Waals surface area (Å²) in [6, 6.07) is 4.76. The van der Waals surface area contributed by atoms with Crippen LogP contribution >= 0.6 is 0 Å². The molecule has 1 aliphatic heterocycles. The van der Waals surface area contributed by atoms with Gasteiger partial charge in [-0.25, -0.2) is 4.39 Å². The van der Waals surface area contributed by atoms with Crippen LogP contribution in [0, 0.1) is 5.82 Å². The van der Waals surface area contributed by atoms with Crippen LogP contribution in [0.3, 0.4) is 0 Å². The summed E-state index contributed by atoms with van der Waals surface area (Å²) in [5.41, 5.74) is 1.40. The number of carbonyl (C=O) groups is 1. The molecular formula is C11H12FNO2. The zero-order valence-corrected chi connectivity index (χ0v) is 8.16. The minimum absolute atomic E-state index is 0.0355. The second-order valence-electron chi connectivity index (χ2n) is 3.75. The number of para-hydroxylation sites is 1. The predicted octanol–water partition coefficient (Wildman–Crippen LogP) is 2.03. The Labute approximate surface area is 86.9 Å². The van der Waals surface area contributed by atoms with E-state index in [-0.39, 0.29) is 18.3 Å². The summed E-state index contributed by atoms with van der Waals surface area (Å²) in [5, 5.41) is 11.6. The second-order valence-corrected chi connectivity index (χ2v) is 3.75. The van der Waals surface area contributed by atoms with Crippen molar-refractivity contribution in [1.82, 2.24) is 0 Å². The predicted molar refractivity (Wildman–Crippen MR) is 54.4 cm³/mol. The van der Waals surface area contributed by atoms with Crippen molar-refractivity contribution in [3.05, 3.63) is 29.6 Å². The monoisotopic (exact) mass is 209 g/mol. The normalized spacial score (nSPS) is 19.1. The van der Waals surface area contributed by atoms with Crippen LogP contribution in [0.2, 0.25) is 0 Å². The van der Waals surface area contributed by atoms with E-state index in [2.05, 4.69) is 5.32 Å². The molecule has 0 aliphatic carbocycles. The SMILES string of the molecule is O=C(O)CC1CCc2cccc(F)c2N1. The van der Waals surface area contributed by atoms with Crippen molar-refractivity contribution in [3.8, 4) is 0 Å². The summed E-state index contributed by atoms with van der Waals surface area (Å²) < 4.78 is 13.4. The number of benzene rings is 1. The molecule has 2 N–H and O–H groups in total. The van der Waals surface area contributed by atoms with E-state index in [0.717, 1.165) is 18.4 Å². The van der Waals surface area contributed by atoms with Gasteiger partial charge in [0.25, 0.3) is 0 Å². The molecule has 1 aromatic carbocycles. The van der Waals surface area contributed by atoms with Crippen LogP contribution in [0.5, 0.6) is 0 Å². The Hall–Kier alpha value is -1.58. The van der Waals surface area contributed by atoms with E-state index in [9.17, 15) is 9.18 Å². The number of carboxylic acid groups (broad SMARTS) is 1. The number of aryl methyl sites for hydroxylation is 1. The fourth-order valence-corrected chi connectivity index (χ4v) is 1.91. The third-order valence-corrected chi connectivity index (χ3v) is 2.63. The lowest BCUT2D eigenvalue weighted by atomic mass is 9.96. The van der Waals surface area contributed by atoms with Gasteiger partial charge in [-0.15, -0.1) is 0 Å². The topological polar surface area (TPSA) is 49.3 Å². The number of fused-ring (bicyclic) bond motifs is 1. The largest absolute Gasteiger partial charge is 0.481 e. The van der Waals surface area contributed by atoms with E-state index >= 15 is 0 Å². The lowest BCUT2D eigenvalue weighted by molar-refractivity contribution is -0.137. The van der Waals surface area contributed by atoms with Crippen molar-refractivity contribution in [2.75, 3.05) is 5.32 Å². The molecule has 0 saturated heterocycles. The molecule has 0 bridgehead atoms. The van der Waals surface area contributed by atoms with Crippen LogP contribution in [-0.4, -0.2) is 17.1 Å². The highest BCUT2D eigenvalue weighted by molar-refractivity contribution is 5.69. The van der Waals surface area contributed by atoms with E-state index in [4.69, 9.17) is 5.11 Å². The van der Waals surface area contributed by atoms with Gasteiger partial charge < -0.3 is 10.4 Å². The van der Waals surface area contributed by atoms with Crippen LogP contribution in [-0.2, 0) is 11.2 Å². The number of aliphatic carboxylic acids is 1. The molecule has 0 radical (unpaired) electrons. The Morgan fingerprint density at radius 2 is 2.40 bits per heavy atom. The average Bonchev–Trinajstić information content (AvgIpc) is 2.18. The van der Waals surface area contributed by atoms with Crippen LogP contribution in [0.25, 0.3) is 0 Å². The molecule has 1 aromatic rings. The van der Waals surface area contributed by atoms with Gasteiger partial charge in [0.1, 0.15) is 5.82 Å². The van der Waals surface area contributed by atoms with Crippen molar-refractivity contribution in [3.63, 3.8) is 0 Å². The van der Waals surface area contributed by atoms with Gasteiger partial charge in [-0.1, -0.05) is 12.1 Å². The maximum absolute atomic E-state index is 13.4. The van der Waals surface area contributed by atoms with Crippen LogP contribution in [0.4, 0.5) is 10.1 Å². The number of hydrogen-bond acceptors (Lipinski definition) is 2. The van der Waals surface area contributed by atoms with Crippen molar-refractivity contribution in [2.45, 2.75) is 25.3 Å². The van der Waals surface area contributed by atoms with Gasteiger partial charge in [0.2, 0.25) is 0 Å². The van der Waals surface area contributed by atoms with Gasteiger partial charge in [0, 0.05) is 6.04 Å². The quantitative estimate of drug-likeness (QED) is 0.783. The van der Waals surface area contributed by atoms with E-state index in [1.807, 2.05) is 6.07 Å². The summed E-state index contributed by atoms with van der Waals surface area (Å²) in [7, 11) is 0. The van der Waals surface area contributed by atoms with Crippen molar-refractivity contribution >= 4 is 11.7 Å². The number of rotatable bonds is 2. The summed E-state index contributed by atoms with van der Waals surface area (Å²) in [4.78, 5) is 10.5. The molecule has 1 unspecified atom stereocenters. The number of anilines is 1. The first-order valence-electron chi connectivity index (χ1n) is 4.92. The molecule has 4 heteroatoms. The molecule has 3 nitrogen and oxygen atoms in total. The third kappa shape index (κ3) is 2.09. The molecule has 1 heterocycles. The van der Waals surface area contributed by atoms with Gasteiger partial charge in [0.05, 0.1) is 12.1 Å². The molecule has 15 heavy (non-hydrogen) atoms. The molecule has 0 aromatic heterocycles. The Kier molecular flexibility index (Phi) is 2.58. The number of hydrogen-bond donors (Lipinski definition) is 2. The highest BCUT2D eigenvalue weighted by atomic mass is 19.1. The van der Waals surface area contributed by atoms with Crippen LogP contribution < -0.4 is 5.32 Å². The molecule has 2 rings (SSSR count). The van der Waals surface area contributed by atoms with Crippen LogP contribution in [0.15, 0.2) is 18.2 Å². The zero-order valence-electron chi connectivity index (χ0n) is 8.16. The van der Waals surface area contributed by atoms with Gasteiger partial charge in [0.15, 0.2) is 0 Å². The Morgan fingerprint density at radius 3 is 3.13 bits per heavy atom. The smallest absolute Gasteiger partial charge is 0.305 e. The summed E-state index contributed by atoms with van der Waals surface area (Å²) >= 11 is 0. The number of halogens is 1. The lowest BCUT2D eigenvalue weighted by Gasteiger charge is -2.26.